The Hall–Kier alpha value is -0.600. The van der Waals surface area contributed by atoms with Crippen LogP contribution in [-0.2, 0) is 11.2 Å². The van der Waals surface area contributed by atoms with Crippen LogP contribution < -0.4 is 0 Å². The van der Waals surface area contributed by atoms with Crippen molar-refractivity contribution in [1.82, 2.24) is 0 Å². The molecule has 0 N–H and O–H groups in total. The molecule has 0 radical (unpaired) electrons. The van der Waals surface area contributed by atoms with Crippen molar-refractivity contribution in [3.05, 3.63) is 40.4 Å². The predicted octanol–water partition coefficient (Wildman–Crippen LogP) is 4.98. The number of methoxy groups -OCH3 is 1. The summed E-state index contributed by atoms with van der Waals surface area (Å²) >= 11 is 3.60. The molecule has 106 valence electrons. The van der Waals surface area contributed by atoms with Crippen molar-refractivity contribution >= 4 is 21.5 Å². The molecule has 2 heteroatoms. The molecule has 0 aliphatic heterocycles. The maximum absolute atomic E-state index is 5.77. The maximum atomic E-state index is 5.77. The van der Waals surface area contributed by atoms with Gasteiger partial charge in [-0.25, -0.2) is 0 Å². The Morgan fingerprint density at radius 1 is 1.30 bits per heavy atom. The van der Waals surface area contributed by atoms with E-state index in [2.05, 4.69) is 40.7 Å². The van der Waals surface area contributed by atoms with Crippen LogP contribution in [0.5, 0.6) is 0 Å². The molecular weight excluding hydrogens is 312 g/mol. The largest absolute Gasteiger partial charge is 0.381 e. The summed E-state index contributed by atoms with van der Waals surface area (Å²) in [6, 6.07) is 6.70. The van der Waals surface area contributed by atoms with Gasteiger partial charge in [0.1, 0.15) is 0 Å². The molecule has 3 aliphatic carbocycles. The van der Waals surface area contributed by atoms with E-state index in [4.69, 9.17) is 4.74 Å². The summed E-state index contributed by atoms with van der Waals surface area (Å²) in [6.07, 6.45) is 8.08. The van der Waals surface area contributed by atoms with Crippen LogP contribution in [0, 0.1) is 10.8 Å². The minimum absolute atomic E-state index is 0.314. The first-order valence-corrected chi connectivity index (χ1v) is 8.39. The number of rotatable bonds is 1. The Labute approximate surface area is 129 Å². The second kappa shape index (κ2) is 4.20. The molecule has 20 heavy (non-hydrogen) atoms. The van der Waals surface area contributed by atoms with Crippen molar-refractivity contribution in [2.24, 2.45) is 10.8 Å². The zero-order chi connectivity index (χ0) is 14.0. The minimum Gasteiger partial charge on any atom is -0.381 e. The van der Waals surface area contributed by atoms with Crippen LogP contribution in [0.1, 0.15) is 43.2 Å². The normalized spacial score (nSPS) is 33.7. The molecule has 2 saturated carbocycles. The van der Waals surface area contributed by atoms with Crippen LogP contribution in [0.25, 0.3) is 5.57 Å². The number of halogens is 1. The molecule has 2 spiro atoms. The first-order valence-electron chi connectivity index (χ1n) is 7.60. The molecule has 1 aromatic carbocycles. The van der Waals surface area contributed by atoms with E-state index >= 15 is 0 Å². The Kier molecular flexibility index (Phi) is 2.75. The SMILES string of the molecule is C=C1c2cc(Br)ccc2C[C@]12CC[C@@H](OC)C1(CC1)C2. The quantitative estimate of drug-likeness (QED) is 0.704. The van der Waals surface area contributed by atoms with Crippen molar-refractivity contribution in [2.75, 3.05) is 7.11 Å². The maximum Gasteiger partial charge on any atom is 0.0628 e. The number of ether oxygens (including phenoxy) is 1. The van der Waals surface area contributed by atoms with E-state index in [1.54, 1.807) is 0 Å². The fourth-order valence-corrected chi connectivity index (χ4v) is 5.13. The monoisotopic (exact) mass is 332 g/mol. The molecule has 4 rings (SSSR count). The van der Waals surface area contributed by atoms with Crippen molar-refractivity contribution in [2.45, 2.75) is 44.6 Å². The number of allylic oxidation sites excluding steroid dienone is 1. The molecule has 3 aliphatic rings. The first kappa shape index (κ1) is 13.1. The average Bonchev–Trinajstić information content (AvgIpc) is 3.14. The van der Waals surface area contributed by atoms with Crippen LogP contribution in [0.3, 0.4) is 0 Å². The summed E-state index contributed by atoms with van der Waals surface area (Å²) in [5.74, 6) is 0. The Bertz CT molecular complexity index is 587. The van der Waals surface area contributed by atoms with Crippen molar-refractivity contribution in [1.29, 1.82) is 0 Å². The molecule has 0 unspecified atom stereocenters. The summed E-state index contributed by atoms with van der Waals surface area (Å²) < 4.78 is 6.93. The van der Waals surface area contributed by atoms with E-state index < -0.39 is 0 Å². The Morgan fingerprint density at radius 2 is 2.10 bits per heavy atom. The molecule has 0 amide bonds. The topological polar surface area (TPSA) is 9.23 Å². The predicted molar refractivity (Wildman–Crippen MR) is 85.6 cm³/mol. The van der Waals surface area contributed by atoms with Gasteiger partial charge in [0.15, 0.2) is 0 Å². The van der Waals surface area contributed by atoms with E-state index in [1.165, 1.54) is 59.7 Å². The Morgan fingerprint density at radius 3 is 2.80 bits per heavy atom. The zero-order valence-electron chi connectivity index (χ0n) is 12.0. The van der Waals surface area contributed by atoms with E-state index in [9.17, 15) is 0 Å². The number of hydrogen-bond acceptors (Lipinski definition) is 1. The molecule has 1 aromatic rings. The molecule has 0 heterocycles. The third kappa shape index (κ3) is 1.70. The lowest BCUT2D eigenvalue weighted by atomic mass is 9.63. The van der Waals surface area contributed by atoms with Gasteiger partial charge in [-0.15, -0.1) is 0 Å². The summed E-state index contributed by atoms with van der Waals surface area (Å²) in [4.78, 5) is 0. The fraction of sp³-hybridized carbons (Fsp3) is 0.556. The van der Waals surface area contributed by atoms with Crippen LogP contribution in [0.15, 0.2) is 29.3 Å². The third-order valence-corrected chi connectivity index (χ3v) is 6.49. The average molecular weight is 333 g/mol. The lowest BCUT2D eigenvalue weighted by molar-refractivity contribution is -0.0181. The van der Waals surface area contributed by atoms with Crippen LogP contribution in [0.2, 0.25) is 0 Å². The van der Waals surface area contributed by atoms with Crippen LogP contribution >= 0.6 is 15.9 Å². The highest BCUT2D eigenvalue weighted by Crippen LogP contribution is 2.66. The molecule has 0 bridgehead atoms. The van der Waals surface area contributed by atoms with Crippen LogP contribution in [0.4, 0.5) is 0 Å². The highest BCUT2D eigenvalue weighted by molar-refractivity contribution is 9.10. The van der Waals surface area contributed by atoms with Gasteiger partial charge >= 0.3 is 0 Å². The smallest absolute Gasteiger partial charge is 0.0628 e. The van der Waals surface area contributed by atoms with Gasteiger partial charge < -0.3 is 4.74 Å². The highest BCUT2D eigenvalue weighted by atomic mass is 79.9. The van der Waals surface area contributed by atoms with Gasteiger partial charge in [-0.05, 0) is 72.8 Å². The summed E-state index contributed by atoms with van der Waals surface area (Å²) in [5.41, 5.74) is 5.05. The first-order chi connectivity index (χ1) is 9.58. The van der Waals surface area contributed by atoms with Gasteiger partial charge in [-0.2, -0.15) is 0 Å². The minimum atomic E-state index is 0.314. The van der Waals surface area contributed by atoms with Crippen molar-refractivity contribution in [3.8, 4) is 0 Å². The van der Waals surface area contributed by atoms with Gasteiger partial charge in [0.05, 0.1) is 6.10 Å². The lowest BCUT2D eigenvalue weighted by Crippen LogP contribution is -2.39. The molecule has 0 saturated heterocycles. The number of fused-ring (bicyclic) bond motifs is 1. The van der Waals surface area contributed by atoms with Crippen molar-refractivity contribution in [3.63, 3.8) is 0 Å². The number of hydrogen-bond donors (Lipinski definition) is 0. The molecular formula is C18H21BrO. The standard InChI is InChI=1S/C18H21BrO/c1-12-15-9-14(19)4-3-13(15)10-18(12)6-5-16(20-2)17(11-18)7-8-17/h3-4,9,16H,1,5-8,10-11H2,2H3/t16-,18+/m1/s1. The van der Waals surface area contributed by atoms with Gasteiger partial charge in [0.2, 0.25) is 0 Å². The molecule has 0 aromatic heterocycles. The molecule has 1 nitrogen and oxygen atoms in total. The van der Waals surface area contributed by atoms with Gasteiger partial charge in [-0.1, -0.05) is 28.6 Å². The van der Waals surface area contributed by atoms with Crippen molar-refractivity contribution < 1.29 is 4.74 Å². The lowest BCUT2D eigenvalue weighted by Gasteiger charge is -2.43. The van der Waals surface area contributed by atoms with E-state index in [-0.39, 0.29) is 0 Å². The second-order valence-corrected chi connectivity index (χ2v) is 7.95. The zero-order valence-corrected chi connectivity index (χ0v) is 13.6. The summed E-state index contributed by atoms with van der Waals surface area (Å²) in [5, 5.41) is 0. The summed E-state index contributed by atoms with van der Waals surface area (Å²) in [7, 11) is 1.89. The van der Waals surface area contributed by atoms with E-state index in [0.29, 0.717) is 16.9 Å². The van der Waals surface area contributed by atoms with Gasteiger partial charge in [0, 0.05) is 17.0 Å². The van der Waals surface area contributed by atoms with Gasteiger partial charge in [-0.3, -0.25) is 0 Å². The van der Waals surface area contributed by atoms with E-state index in [1.807, 2.05) is 7.11 Å². The molecule has 2 atom stereocenters. The second-order valence-electron chi connectivity index (χ2n) is 7.04. The fourth-order valence-electron chi connectivity index (χ4n) is 4.77. The number of benzene rings is 1. The summed E-state index contributed by atoms with van der Waals surface area (Å²) in [6.45, 7) is 4.50. The molecule has 2 fully saturated rings. The third-order valence-electron chi connectivity index (χ3n) is 6.00. The van der Waals surface area contributed by atoms with E-state index in [0.717, 1.165) is 0 Å². The highest BCUT2D eigenvalue weighted by Gasteiger charge is 2.59. The van der Waals surface area contributed by atoms with Crippen LogP contribution in [-0.4, -0.2) is 13.2 Å². The van der Waals surface area contributed by atoms with Gasteiger partial charge in [0.25, 0.3) is 0 Å². The Balaban J connectivity index is 1.69.